The third kappa shape index (κ3) is 3.61. The minimum absolute atomic E-state index is 0.200. The highest BCUT2D eigenvalue weighted by atomic mass is 32.2. The first-order valence-electron chi connectivity index (χ1n) is 10.5. The number of hydrogen-bond donors (Lipinski definition) is 0. The Morgan fingerprint density at radius 2 is 1.71 bits per heavy atom. The van der Waals surface area contributed by atoms with Crippen LogP contribution in [0.25, 0.3) is 0 Å². The van der Waals surface area contributed by atoms with Crippen LogP contribution in [0.15, 0.2) is 53.4 Å². The summed E-state index contributed by atoms with van der Waals surface area (Å²) in [6.07, 6.45) is -5.02. The zero-order valence-electron chi connectivity index (χ0n) is 18.9. The molecule has 1 fully saturated rings. The summed E-state index contributed by atoms with van der Waals surface area (Å²) in [5.41, 5.74) is -4.58. The van der Waals surface area contributed by atoms with Gasteiger partial charge in [-0.05, 0) is 51.1 Å². The van der Waals surface area contributed by atoms with Crippen molar-refractivity contribution in [3.8, 4) is 5.75 Å². The number of nitrogens with zero attached hydrogens (tertiary/aromatic N) is 1. The molecule has 2 aliphatic heterocycles. The number of rotatable bonds is 4. The number of halogens is 3. The van der Waals surface area contributed by atoms with Crippen LogP contribution in [0.2, 0.25) is 0 Å². The zero-order valence-corrected chi connectivity index (χ0v) is 19.7. The maximum absolute atomic E-state index is 14.7. The lowest BCUT2D eigenvalue weighted by molar-refractivity contribution is -0.269. The van der Waals surface area contributed by atoms with Gasteiger partial charge in [0.2, 0.25) is 5.60 Å². The van der Waals surface area contributed by atoms with Gasteiger partial charge in [-0.2, -0.15) is 13.2 Å². The molecule has 34 heavy (non-hydrogen) atoms. The molecule has 0 saturated carbocycles. The maximum atomic E-state index is 14.7. The summed E-state index contributed by atoms with van der Waals surface area (Å²) < 4.78 is 88.1. The third-order valence-corrected chi connectivity index (χ3v) is 7.64. The molecular formula is C23H24F3NO6S. The lowest BCUT2D eigenvalue weighted by atomic mass is 9.85. The number of benzene rings is 2. The second-order valence-electron chi connectivity index (χ2n) is 9.12. The zero-order chi connectivity index (χ0) is 25.1. The third-order valence-electron chi connectivity index (χ3n) is 5.83. The average molecular weight is 500 g/mol. The van der Waals surface area contributed by atoms with Crippen LogP contribution in [-0.2, 0) is 29.9 Å². The molecule has 7 nitrogen and oxygen atoms in total. The minimum atomic E-state index is -5.02. The summed E-state index contributed by atoms with van der Waals surface area (Å²) in [5.74, 6) is -2.10. The molecule has 184 valence electrons. The number of fused-ring (bicyclic) bond motifs is 3. The van der Waals surface area contributed by atoms with Crippen LogP contribution in [0.1, 0.15) is 26.3 Å². The molecule has 0 amide bonds. The van der Waals surface area contributed by atoms with E-state index in [4.69, 9.17) is 14.2 Å². The molecule has 3 atom stereocenters. The molecule has 11 heteroatoms. The molecule has 0 aromatic heterocycles. The molecule has 0 radical (unpaired) electrons. The molecule has 0 N–H and O–H groups in total. The summed E-state index contributed by atoms with van der Waals surface area (Å²) in [7, 11) is -3.15. The Morgan fingerprint density at radius 1 is 1.09 bits per heavy atom. The lowest BCUT2D eigenvalue weighted by Gasteiger charge is -2.35. The van der Waals surface area contributed by atoms with Crippen LogP contribution >= 0.6 is 0 Å². The predicted molar refractivity (Wildman–Crippen MR) is 116 cm³/mol. The molecule has 2 aliphatic rings. The van der Waals surface area contributed by atoms with E-state index < -0.39 is 51.9 Å². The van der Waals surface area contributed by atoms with E-state index in [1.807, 2.05) is 0 Å². The summed E-state index contributed by atoms with van der Waals surface area (Å²) in [6, 6.07) is 8.59. The van der Waals surface area contributed by atoms with Gasteiger partial charge in [0.25, 0.3) is 10.0 Å². The van der Waals surface area contributed by atoms with Crippen molar-refractivity contribution in [2.45, 2.75) is 49.1 Å². The molecule has 2 aromatic carbocycles. The monoisotopic (exact) mass is 499 g/mol. The largest absolute Gasteiger partial charge is 0.497 e. The summed E-state index contributed by atoms with van der Waals surface area (Å²) >= 11 is 0. The molecule has 0 bridgehead atoms. The normalized spacial score (nSPS) is 24.5. The Bertz CT molecular complexity index is 1210. The second-order valence-corrected chi connectivity index (χ2v) is 10.9. The first-order valence-corrected chi connectivity index (χ1v) is 11.9. The Balaban J connectivity index is 1.93. The van der Waals surface area contributed by atoms with E-state index in [9.17, 15) is 26.4 Å². The van der Waals surface area contributed by atoms with Gasteiger partial charge in [0.15, 0.2) is 0 Å². The van der Waals surface area contributed by atoms with E-state index >= 15 is 0 Å². The van der Waals surface area contributed by atoms with Crippen molar-refractivity contribution in [1.82, 2.24) is 0 Å². The number of ether oxygens (including phenoxy) is 3. The first kappa shape index (κ1) is 24.3. The average Bonchev–Trinajstić information content (AvgIpc) is 3.27. The van der Waals surface area contributed by atoms with Gasteiger partial charge < -0.3 is 14.2 Å². The van der Waals surface area contributed by atoms with Crippen LogP contribution in [0, 0.1) is 5.92 Å². The number of carbonyl (C=O) groups is 1. The van der Waals surface area contributed by atoms with Crippen molar-refractivity contribution in [3.05, 3.63) is 54.1 Å². The second kappa shape index (κ2) is 7.88. The fourth-order valence-electron chi connectivity index (χ4n) is 4.49. The molecule has 2 aromatic rings. The van der Waals surface area contributed by atoms with Gasteiger partial charge in [0.05, 0.1) is 24.3 Å². The SMILES string of the molecule is COc1ccc(S(=O)(=O)N2c3ccccc3C3(C(F)(F)F)OCC(C(=O)OC(C)(C)C)C23)cc1. The highest BCUT2D eigenvalue weighted by Gasteiger charge is 2.75. The van der Waals surface area contributed by atoms with E-state index in [1.165, 1.54) is 55.6 Å². The van der Waals surface area contributed by atoms with Crippen molar-refractivity contribution in [3.63, 3.8) is 0 Å². The van der Waals surface area contributed by atoms with Crippen molar-refractivity contribution >= 4 is 21.7 Å². The maximum Gasteiger partial charge on any atom is 0.423 e. The molecule has 4 rings (SSSR count). The van der Waals surface area contributed by atoms with Crippen LogP contribution in [0.3, 0.4) is 0 Å². The van der Waals surface area contributed by atoms with E-state index in [0.717, 1.165) is 0 Å². The van der Waals surface area contributed by atoms with Gasteiger partial charge in [0, 0.05) is 5.56 Å². The summed E-state index contributed by atoms with van der Waals surface area (Å²) in [6.45, 7) is 4.08. The van der Waals surface area contributed by atoms with Gasteiger partial charge in [-0.3, -0.25) is 9.10 Å². The number of carbonyl (C=O) groups excluding carboxylic acids is 1. The fraction of sp³-hybridized carbons (Fsp3) is 0.435. The molecule has 2 heterocycles. The standard InChI is InChI=1S/C23H24F3NO6S/c1-21(2,3)33-20(28)16-13-32-22(23(24,25)26)17-7-5-6-8-18(17)27(19(16)22)34(29,30)15-11-9-14(31-4)10-12-15/h5-12,16,19H,13H2,1-4H3. The smallest absolute Gasteiger partial charge is 0.423 e. The van der Waals surface area contributed by atoms with E-state index in [-0.39, 0.29) is 16.1 Å². The molecule has 0 spiro atoms. The Labute approximate surface area is 195 Å². The van der Waals surface area contributed by atoms with Gasteiger partial charge in [-0.1, -0.05) is 18.2 Å². The predicted octanol–water partition coefficient (Wildman–Crippen LogP) is 4.02. The highest BCUT2D eigenvalue weighted by molar-refractivity contribution is 7.93. The van der Waals surface area contributed by atoms with Crippen molar-refractivity contribution in [2.75, 3.05) is 18.0 Å². The van der Waals surface area contributed by atoms with Crippen LogP contribution in [0.4, 0.5) is 18.9 Å². The van der Waals surface area contributed by atoms with Crippen LogP contribution < -0.4 is 9.04 Å². The van der Waals surface area contributed by atoms with Gasteiger partial charge in [-0.15, -0.1) is 0 Å². The summed E-state index contributed by atoms with van der Waals surface area (Å²) in [4.78, 5) is 12.8. The Kier molecular flexibility index (Phi) is 5.64. The van der Waals surface area contributed by atoms with E-state index in [1.54, 1.807) is 20.8 Å². The highest BCUT2D eigenvalue weighted by Crippen LogP contribution is 2.61. The fourth-order valence-corrected chi connectivity index (χ4v) is 6.21. The number of alkyl halides is 3. The molecular weight excluding hydrogens is 475 g/mol. The Morgan fingerprint density at radius 3 is 2.26 bits per heavy atom. The van der Waals surface area contributed by atoms with Gasteiger partial charge in [0.1, 0.15) is 23.3 Å². The quantitative estimate of drug-likeness (QED) is 0.591. The minimum Gasteiger partial charge on any atom is -0.497 e. The van der Waals surface area contributed by atoms with Crippen LogP contribution in [-0.4, -0.2) is 45.9 Å². The number of esters is 1. The van der Waals surface area contributed by atoms with E-state index in [2.05, 4.69) is 0 Å². The van der Waals surface area contributed by atoms with Crippen molar-refractivity contribution in [1.29, 1.82) is 0 Å². The number of methoxy groups -OCH3 is 1. The Hall–Kier alpha value is -2.79. The van der Waals surface area contributed by atoms with Crippen molar-refractivity contribution in [2.24, 2.45) is 5.92 Å². The number of hydrogen-bond acceptors (Lipinski definition) is 6. The van der Waals surface area contributed by atoms with Crippen LogP contribution in [0.5, 0.6) is 5.75 Å². The van der Waals surface area contributed by atoms with Gasteiger partial charge in [-0.25, -0.2) is 8.42 Å². The van der Waals surface area contributed by atoms with E-state index in [0.29, 0.717) is 10.1 Å². The van der Waals surface area contributed by atoms with Crippen molar-refractivity contribution < 1.29 is 40.6 Å². The summed E-state index contributed by atoms with van der Waals surface area (Å²) in [5, 5.41) is 0. The first-order chi connectivity index (χ1) is 15.7. The molecule has 0 aliphatic carbocycles. The van der Waals surface area contributed by atoms with Gasteiger partial charge >= 0.3 is 12.1 Å². The topological polar surface area (TPSA) is 82.1 Å². The number of para-hydroxylation sites is 1. The number of anilines is 1. The molecule has 1 saturated heterocycles. The molecule has 3 unspecified atom stereocenters. The lowest BCUT2D eigenvalue weighted by Crippen LogP contribution is -2.56. The number of sulfonamides is 1.